The highest BCUT2D eigenvalue weighted by Crippen LogP contribution is 2.32. The number of carbonyl (C=O) groups is 1. The number of nitrogens with zero attached hydrogens (tertiary/aromatic N) is 3. The quantitative estimate of drug-likeness (QED) is 0.452. The van der Waals surface area contributed by atoms with Crippen LogP contribution < -0.4 is 4.90 Å². The average molecular weight is 551 g/mol. The molecule has 2 heterocycles. The summed E-state index contributed by atoms with van der Waals surface area (Å²) in [5, 5.41) is 1.19. The Morgan fingerprint density at radius 2 is 1.91 bits per heavy atom. The Labute approximate surface area is 212 Å². The van der Waals surface area contributed by atoms with Crippen molar-refractivity contribution in [2.24, 2.45) is 0 Å². The van der Waals surface area contributed by atoms with Crippen molar-refractivity contribution < 1.29 is 17.9 Å². The number of carbonyl (C=O) groups excluding carboxylic acids is 1. The molecule has 0 aliphatic carbocycles. The van der Waals surface area contributed by atoms with E-state index in [1.807, 2.05) is 0 Å². The van der Waals surface area contributed by atoms with Crippen molar-refractivity contribution in [3.8, 4) is 0 Å². The molecule has 178 valence electrons. The van der Waals surface area contributed by atoms with Gasteiger partial charge in [-0.1, -0.05) is 34.5 Å². The number of thiazole rings is 1. The van der Waals surface area contributed by atoms with E-state index >= 15 is 0 Å². The van der Waals surface area contributed by atoms with E-state index in [1.165, 1.54) is 23.5 Å². The van der Waals surface area contributed by atoms with Crippen molar-refractivity contribution >= 4 is 78.0 Å². The van der Waals surface area contributed by atoms with Crippen LogP contribution in [0.5, 0.6) is 0 Å². The van der Waals surface area contributed by atoms with Crippen LogP contribution in [0.25, 0.3) is 10.2 Å². The highest BCUT2D eigenvalue weighted by Gasteiger charge is 2.25. The Bertz CT molecular complexity index is 1260. The lowest BCUT2D eigenvalue weighted by molar-refractivity contribution is 0.0391. The van der Waals surface area contributed by atoms with E-state index in [9.17, 15) is 13.2 Å². The zero-order valence-corrected chi connectivity index (χ0v) is 21.6. The molecular weight excluding hydrogens is 529 g/mol. The van der Waals surface area contributed by atoms with Gasteiger partial charge >= 0.3 is 0 Å². The zero-order chi connectivity index (χ0) is 22.9. The van der Waals surface area contributed by atoms with Gasteiger partial charge in [0.15, 0.2) is 15.0 Å². The number of halogens is 3. The van der Waals surface area contributed by atoms with Crippen LogP contribution in [0.2, 0.25) is 10.0 Å². The molecule has 1 saturated heterocycles. The third-order valence-corrected chi connectivity index (χ3v) is 7.86. The van der Waals surface area contributed by atoms with E-state index in [4.69, 9.17) is 27.9 Å². The van der Waals surface area contributed by atoms with Crippen LogP contribution in [0.4, 0.5) is 5.13 Å². The number of rotatable bonds is 6. The molecule has 1 aromatic heterocycles. The average Bonchev–Trinajstić information content (AvgIpc) is 3.17. The van der Waals surface area contributed by atoms with Crippen LogP contribution in [-0.2, 0) is 14.6 Å². The molecule has 12 heteroatoms. The van der Waals surface area contributed by atoms with E-state index in [0.29, 0.717) is 52.2 Å². The van der Waals surface area contributed by atoms with E-state index in [-0.39, 0.29) is 28.2 Å². The Morgan fingerprint density at radius 3 is 2.58 bits per heavy atom. The van der Waals surface area contributed by atoms with Crippen molar-refractivity contribution in [2.45, 2.75) is 4.90 Å². The van der Waals surface area contributed by atoms with Gasteiger partial charge in [0.2, 0.25) is 0 Å². The molecule has 0 bridgehead atoms. The summed E-state index contributed by atoms with van der Waals surface area (Å²) in [6, 6.07) is 9.53. The Balaban J connectivity index is 0.00000306. The second kappa shape index (κ2) is 10.9. The molecule has 1 amide bonds. The van der Waals surface area contributed by atoms with Crippen LogP contribution in [0.15, 0.2) is 41.3 Å². The van der Waals surface area contributed by atoms with Crippen molar-refractivity contribution in [1.29, 1.82) is 0 Å². The second-order valence-electron chi connectivity index (χ2n) is 7.43. The fourth-order valence-electron chi connectivity index (χ4n) is 3.40. The van der Waals surface area contributed by atoms with Gasteiger partial charge in [-0.25, -0.2) is 13.4 Å². The summed E-state index contributed by atoms with van der Waals surface area (Å²) in [6.07, 6.45) is 1.16. The SMILES string of the molecule is CS(=O)(=O)c1ccc2nc(N(CCN3CCOCC3)C(=O)c3ccc(Cl)cc3Cl)sc2c1.Cl. The lowest BCUT2D eigenvalue weighted by Crippen LogP contribution is -2.43. The highest BCUT2D eigenvalue weighted by atomic mass is 35.5. The van der Waals surface area contributed by atoms with Crippen LogP contribution in [0.3, 0.4) is 0 Å². The first-order chi connectivity index (χ1) is 15.2. The van der Waals surface area contributed by atoms with Gasteiger partial charge in [-0.15, -0.1) is 12.4 Å². The molecule has 4 rings (SSSR count). The number of sulfone groups is 1. The first-order valence-corrected chi connectivity index (χ1v) is 13.4. The van der Waals surface area contributed by atoms with E-state index in [2.05, 4.69) is 9.88 Å². The molecule has 33 heavy (non-hydrogen) atoms. The fraction of sp³-hybridized carbons (Fsp3) is 0.333. The van der Waals surface area contributed by atoms with E-state index in [0.717, 1.165) is 19.3 Å². The van der Waals surface area contributed by atoms with Crippen LogP contribution in [0.1, 0.15) is 10.4 Å². The maximum absolute atomic E-state index is 13.5. The molecule has 0 unspecified atom stereocenters. The van der Waals surface area contributed by atoms with Crippen molar-refractivity contribution in [1.82, 2.24) is 9.88 Å². The van der Waals surface area contributed by atoms with Crippen molar-refractivity contribution in [2.75, 3.05) is 50.5 Å². The Hall–Kier alpha value is -1.46. The van der Waals surface area contributed by atoms with Crippen molar-refractivity contribution in [3.63, 3.8) is 0 Å². The van der Waals surface area contributed by atoms with Crippen LogP contribution in [-0.4, -0.2) is 69.9 Å². The van der Waals surface area contributed by atoms with Crippen LogP contribution >= 0.6 is 46.9 Å². The molecule has 0 radical (unpaired) electrons. The summed E-state index contributed by atoms with van der Waals surface area (Å²) < 4.78 is 30.0. The minimum Gasteiger partial charge on any atom is -0.379 e. The molecule has 1 fully saturated rings. The lowest BCUT2D eigenvalue weighted by Gasteiger charge is -2.29. The summed E-state index contributed by atoms with van der Waals surface area (Å²) in [7, 11) is -3.35. The zero-order valence-electron chi connectivity index (χ0n) is 17.7. The number of aromatic nitrogens is 1. The predicted molar refractivity (Wildman–Crippen MR) is 135 cm³/mol. The van der Waals surface area contributed by atoms with Gasteiger partial charge in [0.25, 0.3) is 5.91 Å². The lowest BCUT2D eigenvalue weighted by atomic mass is 10.2. The summed E-state index contributed by atoms with van der Waals surface area (Å²) in [5.74, 6) is -0.290. The van der Waals surface area contributed by atoms with Gasteiger partial charge in [-0.2, -0.15) is 0 Å². The topological polar surface area (TPSA) is 79.8 Å². The minimum atomic E-state index is -3.35. The van der Waals surface area contributed by atoms with Crippen molar-refractivity contribution in [3.05, 3.63) is 52.0 Å². The highest BCUT2D eigenvalue weighted by molar-refractivity contribution is 7.90. The number of benzene rings is 2. The van der Waals surface area contributed by atoms with Gasteiger partial charge < -0.3 is 4.74 Å². The third kappa shape index (κ3) is 6.16. The number of anilines is 1. The predicted octanol–water partition coefficient (Wildman–Crippen LogP) is 4.41. The molecule has 0 N–H and O–H groups in total. The van der Waals surface area contributed by atoms with Gasteiger partial charge in [-0.05, 0) is 36.4 Å². The fourth-order valence-corrected chi connectivity index (χ4v) is 5.64. The molecule has 7 nitrogen and oxygen atoms in total. The standard InChI is InChI=1S/C21H21Cl2N3O4S2.ClH/c1-32(28,29)15-3-5-18-19(13-15)31-21(24-18)26(7-6-25-8-10-30-11-9-25)20(27)16-4-2-14(22)12-17(16)23;/h2-5,12-13H,6-11H2,1H3;1H. The van der Waals surface area contributed by atoms with Gasteiger partial charge in [-0.3, -0.25) is 14.6 Å². The monoisotopic (exact) mass is 549 g/mol. The van der Waals surface area contributed by atoms with Crippen LogP contribution in [0, 0.1) is 0 Å². The first kappa shape index (κ1) is 26.2. The Kier molecular flexibility index (Phi) is 8.60. The van der Waals surface area contributed by atoms with E-state index < -0.39 is 9.84 Å². The smallest absolute Gasteiger partial charge is 0.261 e. The maximum atomic E-state index is 13.5. The number of amides is 1. The summed E-state index contributed by atoms with van der Waals surface area (Å²) in [5.41, 5.74) is 0.956. The normalized spacial score (nSPS) is 14.8. The van der Waals surface area contributed by atoms with Gasteiger partial charge in [0.1, 0.15) is 0 Å². The molecule has 2 aromatic carbocycles. The number of fused-ring (bicyclic) bond motifs is 1. The van der Waals surface area contributed by atoms with E-state index in [1.54, 1.807) is 29.2 Å². The molecule has 0 spiro atoms. The Morgan fingerprint density at radius 1 is 1.18 bits per heavy atom. The molecule has 1 aliphatic heterocycles. The summed E-state index contributed by atoms with van der Waals surface area (Å²) >= 11 is 13.6. The largest absolute Gasteiger partial charge is 0.379 e. The summed E-state index contributed by atoms with van der Waals surface area (Å²) in [6.45, 7) is 3.95. The number of morpholine rings is 1. The number of hydrogen-bond donors (Lipinski definition) is 0. The second-order valence-corrected chi connectivity index (χ2v) is 11.3. The minimum absolute atomic E-state index is 0. The number of ether oxygens (including phenoxy) is 1. The van der Waals surface area contributed by atoms with Gasteiger partial charge in [0.05, 0.1) is 38.9 Å². The maximum Gasteiger partial charge on any atom is 0.261 e. The molecule has 0 saturated carbocycles. The molecular formula is C21H22Cl3N3O4S2. The molecule has 0 atom stereocenters. The van der Waals surface area contributed by atoms with Gasteiger partial charge in [0, 0.05) is 37.5 Å². The third-order valence-electron chi connectivity index (χ3n) is 5.16. The molecule has 3 aromatic rings. The summed E-state index contributed by atoms with van der Waals surface area (Å²) in [4.78, 5) is 22.1. The number of hydrogen-bond acceptors (Lipinski definition) is 7. The molecule has 1 aliphatic rings. The first-order valence-electron chi connectivity index (χ1n) is 9.90.